The summed E-state index contributed by atoms with van der Waals surface area (Å²) in [6, 6.07) is 3.56. The molecule has 0 saturated carbocycles. The number of hydrogen-bond acceptors (Lipinski definition) is 5. The molecule has 2 heterocycles. The van der Waals surface area contributed by atoms with Crippen molar-refractivity contribution in [3.05, 3.63) is 30.4 Å². The average molecular weight is 229 g/mol. The lowest BCUT2D eigenvalue weighted by molar-refractivity contribution is 0.568. The Balaban J connectivity index is 2.54. The highest BCUT2D eigenvalue weighted by molar-refractivity contribution is 5.51. The van der Waals surface area contributed by atoms with E-state index in [1.54, 1.807) is 18.3 Å². The molecule has 17 heavy (non-hydrogen) atoms. The number of nitrogens with two attached hydrogens (primary N) is 1. The predicted molar refractivity (Wildman–Crippen MR) is 66.2 cm³/mol. The van der Waals surface area contributed by atoms with Gasteiger partial charge in [0.1, 0.15) is 17.8 Å². The van der Waals surface area contributed by atoms with Crippen molar-refractivity contribution in [2.24, 2.45) is 0 Å². The molecule has 5 heteroatoms. The molecule has 2 rings (SSSR count). The van der Waals surface area contributed by atoms with Crippen molar-refractivity contribution >= 4 is 5.82 Å². The van der Waals surface area contributed by atoms with Crippen molar-refractivity contribution < 1.29 is 0 Å². The molecule has 88 valence electrons. The quantitative estimate of drug-likeness (QED) is 0.807. The Morgan fingerprint density at radius 1 is 1.18 bits per heavy atom. The van der Waals surface area contributed by atoms with Crippen molar-refractivity contribution in [3.8, 4) is 11.5 Å². The molecule has 2 aromatic heterocycles. The zero-order valence-electron chi connectivity index (χ0n) is 10.2. The highest BCUT2D eigenvalue weighted by atomic mass is 15.0. The lowest BCUT2D eigenvalue weighted by atomic mass is 9.92. The van der Waals surface area contributed by atoms with Gasteiger partial charge in [-0.05, 0) is 6.07 Å². The van der Waals surface area contributed by atoms with Crippen LogP contribution < -0.4 is 5.73 Å². The maximum atomic E-state index is 5.80. The van der Waals surface area contributed by atoms with Gasteiger partial charge in [-0.3, -0.25) is 0 Å². The number of anilines is 1. The Kier molecular flexibility index (Phi) is 2.75. The van der Waals surface area contributed by atoms with Crippen LogP contribution in [0, 0.1) is 0 Å². The van der Waals surface area contributed by atoms with Crippen LogP contribution in [-0.2, 0) is 5.41 Å². The van der Waals surface area contributed by atoms with E-state index in [0.717, 1.165) is 5.69 Å². The van der Waals surface area contributed by atoms with Gasteiger partial charge in [-0.2, -0.15) is 0 Å². The second-order valence-corrected chi connectivity index (χ2v) is 4.85. The van der Waals surface area contributed by atoms with Crippen LogP contribution in [0.4, 0.5) is 5.82 Å². The molecule has 0 spiro atoms. The van der Waals surface area contributed by atoms with E-state index in [9.17, 15) is 0 Å². The molecule has 5 nitrogen and oxygen atoms in total. The third-order valence-corrected chi connectivity index (χ3v) is 2.33. The third kappa shape index (κ3) is 2.55. The third-order valence-electron chi connectivity index (χ3n) is 2.33. The summed E-state index contributed by atoms with van der Waals surface area (Å²) in [5.41, 5.74) is 7.31. The van der Waals surface area contributed by atoms with Gasteiger partial charge in [-0.25, -0.2) is 19.9 Å². The number of hydrogen-bond donors (Lipinski definition) is 1. The van der Waals surface area contributed by atoms with Crippen LogP contribution in [0.1, 0.15) is 26.5 Å². The van der Waals surface area contributed by atoms with Gasteiger partial charge in [0.25, 0.3) is 0 Å². The molecule has 0 saturated heterocycles. The number of nitrogen functional groups attached to an aromatic ring is 1. The van der Waals surface area contributed by atoms with E-state index in [2.05, 4.69) is 40.7 Å². The Morgan fingerprint density at radius 2 is 1.94 bits per heavy atom. The van der Waals surface area contributed by atoms with E-state index in [-0.39, 0.29) is 5.41 Å². The molecular formula is C12H15N5. The summed E-state index contributed by atoms with van der Waals surface area (Å²) in [5.74, 6) is 0.996. The van der Waals surface area contributed by atoms with E-state index in [1.165, 1.54) is 6.33 Å². The van der Waals surface area contributed by atoms with Crippen molar-refractivity contribution in [2.75, 3.05) is 5.73 Å². The van der Waals surface area contributed by atoms with Crippen molar-refractivity contribution in [1.29, 1.82) is 0 Å². The second-order valence-electron chi connectivity index (χ2n) is 4.85. The van der Waals surface area contributed by atoms with Crippen LogP contribution in [0.15, 0.2) is 24.7 Å². The first-order valence-electron chi connectivity index (χ1n) is 5.38. The first-order valence-corrected chi connectivity index (χ1v) is 5.38. The van der Waals surface area contributed by atoms with Crippen LogP contribution in [-0.4, -0.2) is 19.9 Å². The van der Waals surface area contributed by atoms with E-state index < -0.39 is 0 Å². The first-order chi connectivity index (χ1) is 7.97. The summed E-state index contributed by atoms with van der Waals surface area (Å²) in [5, 5.41) is 0. The van der Waals surface area contributed by atoms with Crippen LogP contribution in [0.5, 0.6) is 0 Å². The zero-order valence-corrected chi connectivity index (χ0v) is 10.2. The minimum atomic E-state index is -0.0706. The molecule has 0 fully saturated rings. The van der Waals surface area contributed by atoms with E-state index in [4.69, 9.17) is 5.73 Å². The Hall–Kier alpha value is -2.04. The molecule has 0 atom stereocenters. The van der Waals surface area contributed by atoms with Crippen LogP contribution in [0.2, 0.25) is 0 Å². The standard InChI is InChI=1S/C12H15N5/c1-12(2,3)9-6-10(13)17-11(16-9)8-4-5-14-7-15-8/h4-7H,1-3H3,(H2,13,16,17). The molecule has 2 N–H and O–H groups in total. The number of aromatic nitrogens is 4. The summed E-state index contributed by atoms with van der Waals surface area (Å²) in [6.07, 6.45) is 3.13. The molecule has 0 aliphatic carbocycles. The highest BCUT2D eigenvalue weighted by Crippen LogP contribution is 2.23. The van der Waals surface area contributed by atoms with Gasteiger partial charge in [0.15, 0.2) is 5.82 Å². The summed E-state index contributed by atoms with van der Waals surface area (Å²) in [4.78, 5) is 16.7. The van der Waals surface area contributed by atoms with Crippen LogP contribution in [0.25, 0.3) is 11.5 Å². The molecular weight excluding hydrogens is 214 g/mol. The Labute approximate surface area is 100 Å². The van der Waals surface area contributed by atoms with Gasteiger partial charge < -0.3 is 5.73 Å². The molecule has 2 aromatic rings. The fourth-order valence-corrected chi connectivity index (χ4v) is 1.39. The van der Waals surface area contributed by atoms with Crippen LogP contribution >= 0.6 is 0 Å². The second kappa shape index (κ2) is 4.08. The zero-order chi connectivity index (χ0) is 12.5. The van der Waals surface area contributed by atoms with Gasteiger partial charge in [0.05, 0.1) is 5.69 Å². The monoisotopic (exact) mass is 229 g/mol. The summed E-state index contributed by atoms with van der Waals surface area (Å²) < 4.78 is 0. The summed E-state index contributed by atoms with van der Waals surface area (Å²) in [7, 11) is 0. The topological polar surface area (TPSA) is 77.6 Å². The molecule has 0 bridgehead atoms. The largest absolute Gasteiger partial charge is 0.384 e. The Bertz CT molecular complexity index is 516. The van der Waals surface area contributed by atoms with Gasteiger partial charge in [0, 0.05) is 17.7 Å². The number of rotatable bonds is 1. The fraction of sp³-hybridized carbons (Fsp3) is 0.333. The summed E-state index contributed by atoms with van der Waals surface area (Å²) in [6.45, 7) is 6.25. The van der Waals surface area contributed by atoms with Crippen molar-refractivity contribution in [1.82, 2.24) is 19.9 Å². The molecule has 0 aliphatic rings. The van der Waals surface area contributed by atoms with Gasteiger partial charge in [-0.15, -0.1) is 0 Å². The highest BCUT2D eigenvalue weighted by Gasteiger charge is 2.18. The predicted octanol–water partition coefficient (Wildman–Crippen LogP) is 1.81. The SMILES string of the molecule is CC(C)(C)c1cc(N)nc(-c2ccncn2)n1. The molecule has 0 amide bonds. The first kappa shape index (κ1) is 11.4. The summed E-state index contributed by atoms with van der Waals surface area (Å²) >= 11 is 0. The van der Waals surface area contributed by atoms with Gasteiger partial charge in [0.2, 0.25) is 0 Å². The normalized spacial score (nSPS) is 11.5. The van der Waals surface area contributed by atoms with E-state index in [0.29, 0.717) is 17.3 Å². The lowest BCUT2D eigenvalue weighted by Crippen LogP contribution is -2.15. The lowest BCUT2D eigenvalue weighted by Gasteiger charge is -2.18. The van der Waals surface area contributed by atoms with Crippen molar-refractivity contribution in [2.45, 2.75) is 26.2 Å². The molecule has 0 aliphatic heterocycles. The molecule has 0 unspecified atom stereocenters. The van der Waals surface area contributed by atoms with Gasteiger partial charge >= 0.3 is 0 Å². The minimum absolute atomic E-state index is 0.0706. The smallest absolute Gasteiger partial charge is 0.180 e. The minimum Gasteiger partial charge on any atom is -0.384 e. The molecule has 0 radical (unpaired) electrons. The fourth-order valence-electron chi connectivity index (χ4n) is 1.39. The van der Waals surface area contributed by atoms with Crippen LogP contribution in [0.3, 0.4) is 0 Å². The molecule has 0 aromatic carbocycles. The Morgan fingerprint density at radius 3 is 2.53 bits per heavy atom. The van der Waals surface area contributed by atoms with Crippen molar-refractivity contribution in [3.63, 3.8) is 0 Å². The maximum absolute atomic E-state index is 5.80. The average Bonchev–Trinajstić information content (AvgIpc) is 2.28. The van der Waals surface area contributed by atoms with E-state index >= 15 is 0 Å². The van der Waals surface area contributed by atoms with Gasteiger partial charge in [-0.1, -0.05) is 20.8 Å². The number of nitrogens with zero attached hydrogens (tertiary/aromatic N) is 4. The van der Waals surface area contributed by atoms with E-state index in [1.807, 2.05) is 0 Å². The maximum Gasteiger partial charge on any atom is 0.180 e.